The van der Waals surface area contributed by atoms with Gasteiger partial charge in [-0.1, -0.05) is 46.8 Å². The molecule has 1 rings (SSSR count). The number of ketones is 1. The quantitative estimate of drug-likeness (QED) is 0.676. The van der Waals surface area contributed by atoms with Gasteiger partial charge in [-0.3, -0.25) is 4.79 Å². The molecule has 0 spiro atoms. The number of carbonyl (C=O) groups excluding carboxylic acids is 1. The number of Topliss-reactive ketones (excluding diaryl/α,β-unsaturated/α-hetero) is 1. The molecule has 1 aromatic carbocycles. The van der Waals surface area contributed by atoms with E-state index in [9.17, 15) is 4.79 Å². The van der Waals surface area contributed by atoms with Gasteiger partial charge < -0.3 is 4.74 Å². The van der Waals surface area contributed by atoms with Crippen LogP contribution in [0, 0.1) is 0 Å². The average Bonchev–Trinajstić information content (AvgIpc) is 2.42. The van der Waals surface area contributed by atoms with Crippen LogP contribution in [0.3, 0.4) is 0 Å². The van der Waals surface area contributed by atoms with Gasteiger partial charge in [-0.25, -0.2) is 0 Å². The topological polar surface area (TPSA) is 26.3 Å². The Morgan fingerprint density at radius 1 is 1.20 bits per heavy atom. The predicted molar refractivity (Wildman–Crippen MR) is 84.5 cm³/mol. The Morgan fingerprint density at radius 2 is 1.90 bits per heavy atom. The molecule has 0 aliphatic carbocycles. The van der Waals surface area contributed by atoms with Gasteiger partial charge in [0, 0.05) is 12.8 Å². The van der Waals surface area contributed by atoms with Crippen molar-refractivity contribution in [1.82, 2.24) is 0 Å². The molecule has 0 aromatic heterocycles. The van der Waals surface area contributed by atoms with Gasteiger partial charge in [0.05, 0.1) is 6.61 Å². The van der Waals surface area contributed by atoms with Crippen molar-refractivity contribution in [3.8, 4) is 5.75 Å². The Morgan fingerprint density at radius 3 is 2.45 bits per heavy atom. The van der Waals surface area contributed by atoms with Gasteiger partial charge in [0.1, 0.15) is 11.5 Å². The fourth-order valence-electron chi connectivity index (χ4n) is 2.14. The summed E-state index contributed by atoms with van der Waals surface area (Å²) < 4.78 is 5.91. The maximum absolute atomic E-state index is 11.3. The molecule has 1 aromatic rings. The van der Waals surface area contributed by atoms with Crippen LogP contribution in [-0.2, 0) is 16.6 Å². The van der Waals surface area contributed by atoms with Crippen LogP contribution in [0.5, 0.6) is 5.75 Å². The number of hydrogen-bond acceptors (Lipinski definition) is 2. The average molecular weight is 276 g/mol. The zero-order valence-electron chi connectivity index (χ0n) is 13.6. The molecule has 0 radical (unpaired) electrons. The van der Waals surface area contributed by atoms with E-state index in [4.69, 9.17) is 4.74 Å². The van der Waals surface area contributed by atoms with E-state index in [0.717, 1.165) is 18.6 Å². The molecule has 0 unspecified atom stereocenters. The second kappa shape index (κ2) is 7.47. The third-order valence-corrected chi connectivity index (χ3v) is 3.51. The molecular formula is C18H28O2. The molecule has 20 heavy (non-hydrogen) atoms. The largest absolute Gasteiger partial charge is 0.493 e. The molecule has 0 saturated carbocycles. The highest BCUT2D eigenvalue weighted by Crippen LogP contribution is 2.32. The maximum Gasteiger partial charge on any atom is 0.132 e. The van der Waals surface area contributed by atoms with E-state index in [-0.39, 0.29) is 5.41 Å². The molecule has 0 fully saturated rings. The van der Waals surface area contributed by atoms with Gasteiger partial charge in [-0.15, -0.1) is 0 Å². The summed E-state index contributed by atoms with van der Waals surface area (Å²) in [6.45, 7) is 11.3. The number of ether oxygens (including phenoxy) is 1. The van der Waals surface area contributed by atoms with Crippen molar-refractivity contribution in [2.45, 2.75) is 65.7 Å². The molecule has 0 aliphatic rings. The van der Waals surface area contributed by atoms with Crippen LogP contribution in [0.15, 0.2) is 18.2 Å². The standard InChI is InChI=1S/C18H28O2/c1-6-14-10-11-17(16(13-14)18(3,4)5)20-12-8-9-15(19)7-2/h10-11,13H,6-9,12H2,1-5H3. The molecule has 0 atom stereocenters. The van der Waals surface area contributed by atoms with Crippen molar-refractivity contribution in [3.05, 3.63) is 29.3 Å². The lowest BCUT2D eigenvalue weighted by molar-refractivity contribution is -0.118. The molecule has 0 heterocycles. The smallest absolute Gasteiger partial charge is 0.132 e. The molecule has 0 aliphatic heterocycles. The highest BCUT2D eigenvalue weighted by molar-refractivity contribution is 5.77. The van der Waals surface area contributed by atoms with Crippen molar-refractivity contribution in [2.24, 2.45) is 0 Å². The highest BCUT2D eigenvalue weighted by Gasteiger charge is 2.19. The van der Waals surface area contributed by atoms with E-state index < -0.39 is 0 Å². The van der Waals surface area contributed by atoms with E-state index in [1.54, 1.807) is 0 Å². The lowest BCUT2D eigenvalue weighted by Gasteiger charge is -2.23. The summed E-state index contributed by atoms with van der Waals surface area (Å²) >= 11 is 0. The summed E-state index contributed by atoms with van der Waals surface area (Å²) in [5, 5.41) is 0. The van der Waals surface area contributed by atoms with Crippen LogP contribution in [0.25, 0.3) is 0 Å². The first kappa shape index (κ1) is 16.7. The first-order valence-corrected chi connectivity index (χ1v) is 7.66. The molecule has 0 N–H and O–H groups in total. The third kappa shape index (κ3) is 4.99. The molecule has 0 amide bonds. The monoisotopic (exact) mass is 276 g/mol. The van der Waals surface area contributed by atoms with Crippen LogP contribution in [0.1, 0.15) is 65.0 Å². The molecule has 2 heteroatoms. The van der Waals surface area contributed by atoms with Crippen molar-refractivity contribution < 1.29 is 9.53 Å². The van der Waals surface area contributed by atoms with Crippen LogP contribution in [0.4, 0.5) is 0 Å². The Bertz CT molecular complexity index is 441. The van der Waals surface area contributed by atoms with E-state index in [2.05, 4.69) is 45.9 Å². The van der Waals surface area contributed by atoms with E-state index >= 15 is 0 Å². The maximum atomic E-state index is 11.3. The van der Waals surface area contributed by atoms with E-state index in [1.807, 2.05) is 6.92 Å². The van der Waals surface area contributed by atoms with Crippen molar-refractivity contribution in [3.63, 3.8) is 0 Å². The summed E-state index contributed by atoms with van der Waals surface area (Å²) in [5.41, 5.74) is 2.65. The van der Waals surface area contributed by atoms with Gasteiger partial charge in [-0.2, -0.15) is 0 Å². The Balaban J connectivity index is 2.72. The lowest BCUT2D eigenvalue weighted by Crippen LogP contribution is -2.14. The number of carbonyl (C=O) groups is 1. The van der Waals surface area contributed by atoms with Crippen LogP contribution >= 0.6 is 0 Å². The third-order valence-electron chi connectivity index (χ3n) is 3.51. The normalized spacial score (nSPS) is 11.4. The van der Waals surface area contributed by atoms with Gasteiger partial charge in [0.15, 0.2) is 0 Å². The summed E-state index contributed by atoms with van der Waals surface area (Å²) in [4.78, 5) is 11.3. The first-order valence-electron chi connectivity index (χ1n) is 7.66. The summed E-state index contributed by atoms with van der Waals surface area (Å²) in [5.74, 6) is 1.27. The molecule has 0 saturated heterocycles. The number of rotatable bonds is 7. The summed E-state index contributed by atoms with van der Waals surface area (Å²) in [6.07, 6.45) is 3.08. The van der Waals surface area contributed by atoms with Crippen molar-refractivity contribution >= 4 is 5.78 Å². The van der Waals surface area contributed by atoms with Gasteiger partial charge >= 0.3 is 0 Å². The summed E-state index contributed by atoms with van der Waals surface area (Å²) in [7, 11) is 0. The number of hydrogen-bond donors (Lipinski definition) is 0. The fourth-order valence-corrected chi connectivity index (χ4v) is 2.14. The second-order valence-electron chi connectivity index (χ2n) is 6.28. The molecule has 112 valence electrons. The van der Waals surface area contributed by atoms with E-state index in [0.29, 0.717) is 25.2 Å². The Labute approximate surface area is 123 Å². The minimum absolute atomic E-state index is 0.0692. The second-order valence-corrected chi connectivity index (χ2v) is 6.28. The SMILES string of the molecule is CCC(=O)CCCOc1ccc(CC)cc1C(C)(C)C. The van der Waals surface area contributed by atoms with Crippen molar-refractivity contribution in [2.75, 3.05) is 6.61 Å². The lowest BCUT2D eigenvalue weighted by atomic mass is 9.85. The zero-order chi connectivity index (χ0) is 15.2. The van der Waals surface area contributed by atoms with Crippen LogP contribution in [0.2, 0.25) is 0 Å². The van der Waals surface area contributed by atoms with Crippen LogP contribution in [-0.4, -0.2) is 12.4 Å². The Kier molecular flexibility index (Phi) is 6.25. The molecule has 0 bridgehead atoms. The predicted octanol–water partition coefficient (Wildman–Crippen LogP) is 4.68. The zero-order valence-corrected chi connectivity index (χ0v) is 13.6. The van der Waals surface area contributed by atoms with Gasteiger partial charge in [0.25, 0.3) is 0 Å². The fraction of sp³-hybridized carbons (Fsp3) is 0.611. The van der Waals surface area contributed by atoms with Gasteiger partial charge in [0.2, 0.25) is 0 Å². The minimum Gasteiger partial charge on any atom is -0.493 e. The molecule has 2 nitrogen and oxygen atoms in total. The highest BCUT2D eigenvalue weighted by atomic mass is 16.5. The molecular weight excluding hydrogens is 248 g/mol. The first-order chi connectivity index (χ1) is 9.38. The van der Waals surface area contributed by atoms with E-state index in [1.165, 1.54) is 11.1 Å². The Hall–Kier alpha value is -1.31. The minimum atomic E-state index is 0.0692. The van der Waals surface area contributed by atoms with Crippen LogP contribution < -0.4 is 4.74 Å². The number of aryl methyl sites for hydroxylation is 1. The summed E-state index contributed by atoms with van der Waals surface area (Å²) in [6, 6.07) is 6.44. The number of benzene rings is 1. The van der Waals surface area contributed by atoms with Crippen molar-refractivity contribution in [1.29, 1.82) is 0 Å². The van der Waals surface area contributed by atoms with Gasteiger partial charge in [-0.05, 0) is 35.4 Å².